The predicted octanol–water partition coefficient (Wildman–Crippen LogP) is 2.95. The smallest absolute Gasteiger partial charge is 0.340 e. The summed E-state index contributed by atoms with van der Waals surface area (Å²) in [5.41, 5.74) is 4.34. The molecule has 1 atom stereocenters. The van der Waals surface area contributed by atoms with E-state index in [4.69, 9.17) is 14.5 Å². The molecule has 0 amide bonds. The van der Waals surface area contributed by atoms with Crippen molar-refractivity contribution >= 4 is 16.9 Å². The van der Waals surface area contributed by atoms with Gasteiger partial charge >= 0.3 is 5.97 Å². The third-order valence-electron chi connectivity index (χ3n) is 5.07. The molecule has 0 unspecified atom stereocenters. The van der Waals surface area contributed by atoms with Crippen LogP contribution < -0.4 is 5.56 Å². The Hall–Kier alpha value is -2.99. The molecule has 2 aliphatic heterocycles. The first kappa shape index (κ1) is 16.2. The van der Waals surface area contributed by atoms with Gasteiger partial charge in [0, 0.05) is 16.5 Å². The molecular formula is C21H18N2O4. The summed E-state index contributed by atoms with van der Waals surface area (Å²) in [5.74, 6) is -0.453. The summed E-state index contributed by atoms with van der Waals surface area (Å²) in [6.07, 6.45) is -1.05. The Kier molecular flexibility index (Phi) is 3.45. The summed E-state index contributed by atoms with van der Waals surface area (Å²) in [4.78, 5) is 30.1. The van der Waals surface area contributed by atoms with Crippen molar-refractivity contribution in [2.75, 3.05) is 0 Å². The third-order valence-corrected chi connectivity index (χ3v) is 5.07. The first-order valence-electron chi connectivity index (χ1n) is 9.00. The zero-order chi connectivity index (χ0) is 18.7. The molecule has 0 saturated heterocycles. The van der Waals surface area contributed by atoms with Crippen molar-refractivity contribution in [1.82, 2.24) is 9.55 Å². The SMILES string of the molecule is CC(C)O[C@@H]1C(=O)OCc2c1cc1n(c2=O)Cc2cc3ccccc3nc2-1. The molecule has 3 aromatic rings. The second-order valence-electron chi connectivity index (χ2n) is 7.22. The fourth-order valence-corrected chi connectivity index (χ4v) is 3.86. The summed E-state index contributed by atoms with van der Waals surface area (Å²) < 4.78 is 12.7. The molecule has 4 heterocycles. The Morgan fingerprint density at radius 1 is 1.22 bits per heavy atom. The van der Waals surface area contributed by atoms with Crippen molar-refractivity contribution in [1.29, 1.82) is 0 Å². The Bertz CT molecular complexity index is 1160. The van der Waals surface area contributed by atoms with Crippen molar-refractivity contribution < 1.29 is 14.3 Å². The number of fused-ring (bicyclic) bond motifs is 5. The van der Waals surface area contributed by atoms with E-state index in [9.17, 15) is 9.59 Å². The fraction of sp³-hybridized carbons (Fsp3) is 0.286. The maximum absolute atomic E-state index is 13.1. The largest absolute Gasteiger partial charge is 0.458 e. The number of nitrogens with zero attached hydrogens (tertiary/aromatic N) is 2. The van der Waals surface area contributed by atoms with Crippen molar-refractivity contribution in [2.45, 2.75) is 39.2 Å². The normalized spacial score (nSPS) is 17.6. The van der Waals surface area contributed by atoms with Crippen molar-refractivity contribution in [2.24, 2.45) is 0 Å². The highest BCUT2D eigenvalue weighted by Crippen LogP contribution is 2.36. The highest BCUT2D eigenvalue weighted by atomic mass is 16.6. The zero-order valence-corrected chi connectivity index (χ0v) is 15.1. The van der Waals surface area contributed by atoms with Gasteiger partial charge < -0.3 is 14.0 Å². The highest BCUT2D eigenvalue weighted by Gasteiger charge is 2.36. The number of rotatable bonds is 2. The molecule has 0 fully saturated rings. The molecule has 0 saturated carbocycles. The molecule has 6 nitrogen and oxygen atoms in total. The van der Waals surface area contributed by atoms with E-state index in [1.165, 1.54) is 0 Å². The van der Waals surface area contributed by atoms with Crippen LogP contribution in [0.5, 0.6) is 0 Å². The van der Waals surface area contributed by atoms with Gasteiger partial charge in [0.1, 0.15) is 6.61 Å². The molecule has 5 rings (SSSR count). The van der Waals surface area contributed by atoms with E-state index in [0.717, 1.165) is 27.9 Å². The summed E-state index contributed by atoms with van der Waals surface area (Å²) in [7, 11) is 0. The monoisotopic (exact) mass is 362 g/mol. The first-order valence-corrected chi connectivity index (χ1v) is 9.00. The standard InChI is InChI=1S/C21H18N2O4/c1-11(2)27-19-14-8-17-18-13(7-12-5-3-4-6-16(12)22-18)9-23(17)20(24)15(14)10-26-21(19)25/h3-8,11,19H,9-10H2,1-2H3/t19-/m0/s1. The fourth-order valence-electron chi connectivity index (χ4n) is 3.86. The van der Waals surface area contributed by atoms with Crippen LogP contribution in [-0.4, -0.2) is 21.6 Å². The molecule has 0 bridgehead atoms. The van der Waals surface area contributed by atoms with Crippen molar-refractivity contribution in [3.8, 4) is 11.4 Å². The average molecular weight is 362 g/mol. The van der Waals surface area contributed by atoms with Crippen LogP contribution in [0.2, 0.25) is 0 Å². The van der Waals surface area contributed by atoms with Gasteiger partial charge in [-0.15, -0.1) is 0 Å². The lowest BCUT2D eigenvalue weighted by Gasteiger charge is -2.26. The Morgan fingerprint density at radius 3 is 2.85 bits per heavy atom. The molecule has 2 aromatic heterocycles. The second kappa shape index (κ2) is 5.76. The van der Waals surface area contributed by atoms with E-state index in [1.807, 2.05) is 44.2 Å². The van der Waals surface area contributed by atoms with Crippen LogP contribution in [0.15, 0.2) is 41.2 Å². The summed E-state index contributed by atoms with van der Waals surface area (Å²) in [6.45, 7) is 4.16. The van der Waals surface area contributed by atoms with Gasteiger partial charge in [0.15, 0.2) is 6.10 Å². The third kappa shape index (κ3) is 2.40. The number of hydrogen-bond acceptors (Lipinski definition) is 5. The number of carbonyl (C=O) groups excluding carboxylic acids is 1. The van der Waals surface area contributed by atoms with Crippen LogP contribution in [0, 0.1) is 0 Å². The quantitative estimate of drug-likeness (QED) is 0.513. The maximum Gasteiger partial charge on any atom is 0.340 e. The molecule has 0 radical (unpaired) electrons. The van der Waals surface area contributed by atoms with Crippen LogP contribution in [0.25, 0.3) is 22.3 Å². The molecule has 27 heavy (non-hydrogen) atoms. The summed E-state index contributed by atoms with van der Waals surface area (Å²) in [6, 6.07) is 11.8. The van der Waals surface area contributed by atoms with E-state index in [2.05, 4.69) is 6.07 Å². The number of aromatic nitrogens is 2. The van der Waals surface area contributed by atoms with E-state index in [0.29, 0.717) is 17.7 Å². The van der Waals surface area contributed by atoms with Gasteiger partial charge in [-0.2, -0.15) is 0 Å². The molecule has 1 aromatic carbocycles. The van der Waals surface area contributed by atoms with Crippen LogP contribution >= 0.6 is 0 Å². The minimum Gasteiger partial charge on any atom is -0.458 e. The van der Waals surface area contributed by atoms with Gasteiger partial charge in [-0.25, -0.2) is 9.78 Å². The van der Waals surface area contributed by atoms with Gasteiger partial charge in [0.05, 0.1) is 35.1 Å². The lowest BCUT2D eigenvalue weighted by Crippen LogP contribution is -2.34. The zero-order valence-electron chi connectivity index (χ0n) is 15.1. The number of benzene rings is 1. The molecule has 0 spiro atoms. The van der Waals surface area contributed by atoms with Gasteiger partial charge in [-0.1, -0.05) is 18.2 Å². The molecular weight excluding hydrogens is 344 g/mol. The number of ether oxygens (including phenoxy) is 2. The Balaban J connectivity index is 1.73. The van der Waals surface area contributed by atoms with Gasteiger partial charge in [-0.3, -0.25) is 4.79 Å². The minimum atomic E-state index is -0.878. The molecule has 136 valence electrons. The predicted molar refractivity (Wildman–Crippen MR) is 99.3 cm³/mol. The Morgan fingerprint density at radius 2 is 2.04 bits per heavy atom. The number of para-hydroxylation sites is 1. The summed E-state index contributed by atoms with van der Waals surface area (Å²) >= 11 is 0. The number of pyridine rings is 2. The van der Waals surface area contributed by atoms with Crippen LogP contribution in [-0.2, 0) is 27.4 Å². The summed E-state index contributed by atoms with van der Waals surface area (Å²) in [5, 5.41) is 1.04. The second-order valence-corrected chi connectivity index (χ2v) is 7.22. The van der Waals surface area contributed by atoms with Crippen molar-refractivity contribution in [3.05, 3.63) is 63.4 Å². The van der Waals surface area contributed by atoms with Gasteiger partial charge in [-0.05, 0) is 32.0 Å². The number of carbonyl (C=O) groups is 1. The van der Waals surface area contributed by atoms with Gasteiger partial charge in [0.2, 0.25) is 0 Å². The van der Waals surface area contributed by atoms with Gasteiger partial charge in [0.25, 0.3) is 5.56 Å². The van der Waals surface area contributed by atoms with Crippen LogP contribution in [0.3, 0.4) is 0 Å². The lowest BCUT2D eigenvalue weighted by atomic mass is 10.00. The maximum atomic E-state index is 13.1. The number of cyclic esters (lactones) is 1. The molecule has 2 aliphatic rings. The molecule has 0 aliphatic carbocycles. The van der Waals surface area contributed by atoms with E-state index >= 15 is 0 Å². The van der Waals surface area contributed by atoms with Crippen molar-refractivity contribution in [3.63, 3.8) is 0 Å². The topological polar surface area (TPSA) is 70.4 Å². The number of hydrogen-bond donors (Lipinski definition) is 0. The van der Waals surface area contributed by atoms with E-state index in [1.54, 1.807) is 4.57 Å². The lowest BCUT2D eigenvalue weighted by molar-refractivity contribution is -0.165. The molecule has 0 N–H and O–H groups in total. The first-order chi connectivity index (χ1) is 13.0. The van der Waals surface area contributed by atoms with E-state index in [-0.39, 0.29) is 18.3 Å². The Labute approximate surface area is 155 Å². The highest BCUT2D eigenvalue weighted by molar-refractivity contribution is 5.85. The molecule has 6 heteroatoms. The van der Waals surface area contributed by atoms with Crippen LogP contribution in [0.4, 0.5) is 0 Å². The van der Waals surface area contributed by atoms with E-state index < -0.39 is 12.1 Å². The average Bonchev–Trinajstić information content (AvgIpc) is 3.00. The minimum absolute atomic E-state index is 0.0169. The van der Waals surface area contributed by atoms with Crippen LogP contribution in [0.1, 0.15) is 36.6 Å². The number of esters is 1.